The molecule has 2 N–H and O–H groups in total. The van der Waals surface area contributed by atoms with Crippen molar-refractivity contribution in [3.05, 3.63) is 46.5 Å². The lowest BCUT2D eigenvalue weighted by atomic mass is 10.2. The van der Waals surface area contributed by atoms with Gasteiger partial charge in [-0.25, -0.2) is 4.98 Å². The molecule has 106 valence electrons. The molecule has 0 spiro atoms. The Labute approximate surface area is 116 Å². The second-order valence-electron chi connectivity index (χ2n) is 4.10. The van der Waals surface area contributed by atoms with Gasteiger partial charge in [-0.2, -0.15) is 0 Å². The number of benzene rings is 1. The van der Waals surface area contributed by atoms with Crippen LogP contribution >= 0.6 is 0 Å². The monoisotopic (exact) mass is 276 g/mol. The first kappa shape index (κ1) is 13.9. The molecule has 0 atom stereocenters. The van der Waals surface area contributed by atoms with E-state index in [0.29, 0.717) is 25.3 Å². The fourth-order valence-electron chi connectivity index (χ4n) is 1.88. The SMILES string of the molecule is CCOc1cccc(NCCc2cnc[nH]2)c1[N+](=O)[O-]. The first-order valence-corrected chi connectivity index (χ1v) is 6.33. The molecule has 0 radical (unpaired) electrons. The molecule has 7 nitrogen and oxygen atoms in total. The van der Waals surface area contributed by atoms with Crippen LogP contribution in [0, 0.1) is 10.1 Å². The minimum Gasteiger partial charge on any atom is -0.487 e. The molecular weight excluding hydrogens is 260 g/mol. The van der Waals surface area contributed by atoms with Crippen LogP contribution in [0.2, 0.25) is 0 Å². The topological polar surface area (TPSA) is 93.1 Å². The molecule has 0 unspecified atom stereocenters. The predicted molar refractivity (Wildman–Crippen MR) is 75.0 cm³/mol. The van der Waals surface area contributed by atoms with Gasteiger partial charge in [0.25, 0.3) is 0 Å². The lowest BCUT2D eigenvalue weighted by molar-refractivity contribution is -0.384. The maximum Gasteiger partial charge on any atom is 0.333 e. The number of nitrogens with zero attached hydrogens (tertiary/aromatic N) is 2. The van der Waals surface area contributed by atoms with E-state index < -0.39 is 4.92 Å². The highest BCUT2D eigenvalue weighted by atomic mass is 16.6. The summed E-state index contributed by atoms with van der Waals surface area (Å²) in [7, 11) is 0. The zero-order valence-corrected chi connectivity index (χ0v) is 11.1. The van der Waals surface area contributed by atoms with Crippen molar-refractivity contribution >= 4 is 11.4 Å². The summed E-state index contributed by atoms with van der Waals surface area (Å²) in [6, 6.07) is 5.01. The van der Waals surface area contributed by atoms with Gasteiger partial charge < -0.3 is 15.0 Å². The fourth-order valence-corrected chi connectivity index (χ4v) is 1.88. The summed E-state index contributed by atoms with van der Waals surface area (Å²) in [5.41, 5.74) is 1.40. The number of rotatable bonds is 7. The van der Waals surface area contributed by atoms with Crippen molar-refractivity contribution in [2.45, 2.75) is 13.3 Å². The van der Waals surface area contributed by atoms with Crippen molar-refractivity contribution in [2.24, 2.45) is 0 Å². The first-order valence-electron chi connectivity index (χ1n) is 6.33. The number of nitro groups is 1. The van der Waals surface area contributed by atoms with E-state index in [1.165, 1.54) is 0 Å². The van der Waals surface area contributed by atoms with Gasteiger partial charge in [-0.1, -0.05) is 6.07 Å². The summed E-state index contributed by atoms with van der Waals surface area (Å²) in [5, 5.41) is 14.2. The highest BCUT2D eigenvalue weighted by molar-refractivity contribution is 5.68. The Morgan fingerprint density at radius 2 is 2.35 bits per heavy atom. The van der Waals surface area contributed by atoms with E-state index in [4.69, 9.17) is 4.74 Å². The van der Waals surface area contributed by atoms with E-state index in [1.807, 2.05) is 0 Å². The Morgan fingerprint density at radius 1 is 1.50 bits per heavy atom. The highest BCUT2D eigenvalue weighted by Crippen LogP contribution is 2.34. The number of H-pyrrole nitrogens is 1. The van der Waals surface area contributed by atoms with Crippen LogP contribution in [0.25, 0.3) is 0 Å². The molecule has 0 aliphatic carbocycles. The Kier molecular flexibility index (Phi) is 4.54. The maximum atomic E-state index is 11.2. The van der Waals surface area contributed by atoms with Crippen molar-refractivity contribution in [2.75, 3.05) is 18.5 Å². The Balaban J connectivity index is 2.09. The van der Waals surface area contributed by atoms with E-state index in [9.17, 15) is 10.1 Å². The van der Waals surface area contributed by atoms with Gasteiger partial charge in [0.05, 0.1) is 17.9 Å². The van der Waals surface area contributed by atoms with E-state index in [0.717, 1.165) is 5.69 Å². The lowest BCUT2D eigenvalue weighted by Crippen LogP contribution is -2.08. The van der Waals surface area contributed by atoms with Gasteiger partial charge in [0.1, 0.15) is 5.69 Å². The Morgan fingerprint density at radius 3 is 3.00 bits per heavy atom. The maximum absolute atomic E-state index is 11.2. The van der Waals surface area contributed by atoms with Crippen LogP contribution in [-0.4, -0.2) is 28.0 Å². The predicted octanol–water partition coefficient (Wildman–Crippen LogP) is 2.37. The number of nitro benzene ring substituents is 1. The smallest absolute Gasteiger partial charge is 0.333 e. The van der Waals surface area contributed by atoms with E-state index in [1.54, 1.807) is 37.6 Å². The molecule has 0 aliphatic rings. The molecule has 0 aliphatic heterocycles. The number of nitrogens with one attached hydrogen (secondary N) is 2. The van der Waals surface area contributed by atoms with Crippen LogP contribution < -0.4 is 10.1 Å². The minimum atomic E-state index is -0.427. The second kappa shape index (κ2) is 6.55. The third-order valence-corrected chi connectivity index (χ3v) is 2.75. The van der Waals surface area contributed by atoms with Gasteiger partial charge in [-0.05, 0) is 19.1 Å². The molecule has 0 bridgehead atoms. The van der Waals surface area contributed by atoms with Crippen LogP contribution in [-0.2, 0) is 6.42 Å². The van der Waals surface area contributed by atoms with Gasteiger partial charge in [-0.3, -0.25) is 10.1 Å². The van der Waals surface area contributed by atoms with Crippen molar-refractivity contribution in [1.82, 2.24) is 9.97 Å². The molecule has 0 fully saturated rings. The van der Waals surface area contributed by atoms with Crippen LogP contribution in [0.3, 0.4) is 0 Å². The zero-order chi connectivity index (χ0) is 14.4. The molecule has 0 amide bonds. The lowest BCUT2D eigenvalue weighted by Gasteiger charge is -2.10. The minimum absolute atomic E-state index is 0.0287. The molecule has 1 aromatic heterocycles. The van der Waals surface area contributed by atoms with Crippen LogP contribution in [0.15, 0.2) is 30.7 Å². The normalized spacial score (nSPS) is 10.2. The average Bonchev–Trinajstić information content (AvgIpc) is 2.92. The standard InChI is InChI=1S/C13H16N4O3/c1-2-20-12-5-3-4-11(13(12)17(18)19)15-7-6-10-8-14-9-16-10/h3-5,8-9,15H,2,6-7H2,1H3,(H,14,16). The summed E-state index contributed by atoms with van der Waals surface area (Å²) in [6.07, 6.45) is 4.04. The van der Waals surface area contributed by atoms with E-state index in [2.05, 4.69) is 15.3 Å². The average molecular weight is 276 g/mol. The van der Waals surface area contributed by atoms with Gasteiger partial charge in [0.15, 0.2) is 5.75 Å². The second-order valence-corrected chi connectivity index (χ2v) is 4.10. The quantitative estimate of drug-likeness (QED) is 0.598. The molecule has 0 saturated carbocycles. The summed E-state index contributed by atoms with van der Waals surface area (Å²) in [6.45, 7) is 2.75. The molecule has 2 aromatic rings. The van der Waals surface area contributed by atoms with E-state index in [-0.39, 0.29) is 11.4 Å². The number of hydrogen-bond donors (Lipinski definition) is 2. The van der Waals surface area contributed by atoms with Gasteiger partial charge in [0.2, 0.25) is 0 Å². The summed E-state index contributed by atoms with van der Waals surface area (Å²) < 4.78 is 5.29. The molecular formula is C13H16N4O3. The van der Waals surface area contributed by atoms with Crippen LogP contribution in [0.4, 0.5) is 11.4 Å². The van der Waals surface area contributed by atoms with Gasteiger partial charge >= 0.3 is 5.69 Å². The number of anilines is 1. The molecule has 1 heterocycles. The Hall–Kier alpha value is -2.57. The number of aromatic amines is 1. The van der Waals surface area contributed by atoms with Crippen molar-refractivity contribution < 1.29 is 9.66 Å². The number of hydrogen-bond acceptors (Lipinski definition) is 5. The first-order chi connectivity index (χ1) is 9.72. The summed E-state index contributed by atoms with van der Waals surface area (Å²) in [5.74, 6) is 0.282. The molecule has 1 aromatic carbocycles. The third-order valence-electron chi connectivity index (χ3n) is 2.75. The zero-order valence-electron chi connectivity index (χ0n) is 11.1. The number of aromatic nitrogens is 2. The number of imidazole rings is 1. The largest absolute Gasteiger partial charge is 0.487 e. The van der Waals surface area contributed by atoms with Gasteiger partial charge in [-0.15, -0.1) is 0 Å². The van der Waals surface area contributed by atoms with Crippen LogP contribution in [0.5, 0.6) is 5.75 Å². The third kappa shape index (κ3) is 3.25. The molecule has 0 saturated heterocycles. The van der Waals surface area contributed by atoms with Gasteiger partial charge in [0, 0.05) is 24.9 Å². The molecule has 2 rings (SSSR count). The van der Waals surface area contributed by atoms with Crippen LogP contribution in [0.1, 0.15) is 12.6 Å². The van der Waals surface area contributed by atoms with Crippen molar-refractivity contribution in [3.8, 4) is 5.75 Å². The van der Waals surface area contributed by atoms with E-state index >= 15 is 0 Å². The summed E-state index contributed by atoms with van der Waals surface area (Å²) >= 11 is 0. The number of ether oxygens (including phenoxy) is 1. The Bertz CT molecular complexity index is 569. The molecule has 20 heavy (non-hydrogen) atoms. The molecule has 7 heteroatoms. The highest BCUT2D eigenvalue weighted by Gasteiger charge is 2.20. The van der Waals surface area contributed by atoms with Crippen molar-refractivity contribution in [3.63, 3.8) is 0 Å². The van der Waals surface area contributed by atoms with Crippen molar-refractivity contribution in [1.29, 1.82) is 0 Å². The number of para-hydroxylation sites is 1. The fraction of sp³-hybridized carbons (Fsp3) is 0.308. The summed E-state index contributed by atoms with van der Waals surface area (Å²) in [4.78, 5) is 17.7.